The Labute approximate surface area is 127 Å². The van der Waals surface area contributed by atoms with Gasteiger partial charge < -0.3 is 10.6 Å². The molecule has 0 bridgehead atoms. The summed E-state index contributed by atoms with van der Waals surface area (Å²) in [6.45, 7) is 11.9. The minimum Gasteiger partial charge on any atom is -0.369 e. The van der Waals surface area contributed by atoms with Crippen LogP contribution in [0.3, 0.4) is 0 Å². The monoisotopic (exact) mass is 295 g/mol. The predicted octanol–water partition coefficient (Wildman–Crippen LogP) is 2.84. The van der Waals surface area contributed by atoms with Gasteiger partial charge in [0.1, 0.15) is 0 Å². The van der Waals surface area contributed by atoms with Gasteiger partial charge in [-0.15, -0.1) is 0 Å². The number of rotatable bonds is 3. The molecule has 1 heterocycles. The Morgan fingerprint density at radius 3 is 2.15 bits per heavy atom. The SMILES string of the molecule is CC(C)(C)C(N)CN1CCN(c2ccc(Cl)cc2)CC1. The molecule has 1 atom stereocenters. The van der Waals surface area contributed by atoms with Gasteiger partial charge in [-0.1, -0.05) is 32.4 Å². The molecule has 1 aromatic carbocycles. The molecule has 112 valence electrons. The summed E-state index contributed by atoms with van der Waals surface area (Å²) in [6, 6.07) is 8.33. The van der Waals surface area contributed by atoms with Gasteiger partial charge in [0.15, 0.2) is 0 Å². The van der Waals surface area contributed by atoms with Crippen LogP contribution in [0.2, 0.25) is 5.02 Å². The molecule has 0 saturated carbocycles. The maximum Gasteiger partial charge on any atom is 0.0407 e. The standard InChI is InChI=1S/C16H26ClN3/c1-16(2,3)15(18)12-19-8-10-20(11-9-19)14-6-4-13(17)5-7-14/h4-7,15H,8-12,18H2,1-3H3. The Bertz CT molecular complexity index is 416. The summed E-state index contributed by atoms with van der Waals surface area (Å²) in [5, 5.41) is 0.795. The zero-order valence-electron chi connectivity index (χ0n) is 12.8. The number of anilines is 1. The normalized spacial score (nSPS) is 19.1. The van der Waals surface area contributed by atoms with Crippen LogP contribution in [0.25, 0.3) is 0 Å². The summed E-state index contributed by atoms with van der Waals surface area (Å²) in [7, 11) is 0. The largest absolute Gasteiger partial charge is 0.369 e. The van der Waals surface area contributed by atoms with E-state index in [2.05, 4.69) is 42.7 Å². The van der Waals surface area contributed by atoms with Crippen molar-refractivity contribution < 1.29 is 0 Å². The fraction of sp³-hybridized carbons (Fsp3) is 0.625. The first-order chi connectivity index (χ1) is 9.36. The lowest BCUT2D eigenvalue weighted by Gasteiger charge is -2.39. The highest BCUT2D eigenvalue weighted by Gasteiger charge is 2.25. The van der Waals surface area contributed by atoms with E-state index in [1.807, 2.05) is 12.1 Å². The van der Waals surface area contributed by atoms with Gasteiger partial charge in [0.25, 0.3) is 0 Å². The minimum atomic E-state index is 0.174. The lowest BCUT2D eigenvalue weighted by molar-refractivity contribution is 0.191. The summed E-state index contributed by atoms with van der Waals surface area (Å²) in [6.07, 6.45) is 0. The Morgan fingerprint density at radius 1 is 1.10 bits per heavy atom. The zero-order valence-corrected chi connectivity index (χ0v) is 13.5. The Balaban J connectivity index is 1.85. The molecule has 0 aliphatic carbocycles. The molecule has 4 heteroatoms. The van der Waals surface area contributed by atoms with Crippen molar-refractivity contribution in [1.82, 2.24) is 4.90 Å². The molecule has 20 heavy (non-hydrogen) atoms. The first-order valence-electron chi connectivity index (χ1n) is 7.35. The van der Waals surface area contributed by atoms with Gasteiger partial charge in [-0.2, -0.15) is 0 Å². The molecule has 1 aromatic rings. The fourth-order valence-corrected chi connectivity index (χ4v) is 2.52. The molecule has 3 nitrogen and oxygen atoms in total. The van der Waals surface area contributed by atoms with Gasteiger partial charge in [0.05, 0.1) is 0 Å². The Kier molecular flexibility index (Phi) is 4.95. The average Bonchev–Trinajstić information content (AvgIpc) is 2.39. The molecule has 1 aliphatic rings. The van der Waals surface area contributed by atoms with E-state index < -0.39 is 0 Å². The van der Waals surface area contributed by atoms with Crippen LogP contribution >= 0.6 is 11.6 Å². The van der Waals surface area contributed by atoms with Crippen LogP contribution < -0.4 is 10.6 Å². The zero-order chi connectivity index (χ0) is 14.8. The lowest BCUT2D eigenvalue weighted by atomic mass is 9.87. The molecule has 0 spiro atoms. The minimum absolute atomic E-state index is 0.174. The molecule has 0 aromatic heterocycles. The van der Waals surface area contributed by atoms with Crippen molar-refractivity contribution >= 4 is 17.3 Å². The van der Waals surface area contributed by atoms with Gasteiger partial charge in [0, 0.05) is 49.5 Å². The van der Waals surface area contributed by atoms with Crippen LogP contribution in [0.4, 0.5) is 5.69 Å². The lowest BCUT2D eigenvalue weighted by Crippen LogP contribution is -2.52. The molecular formula is C16H26ClN3. The molecule has 2 rings (SSSR count). The van der Waals surface area contributed by atoms with Crippen LogP contribution in [-0.4, -0.2) is 43.7 Å². The number of nitrogens with zero attached hydrogens (tertiary/aromatic N) is 2. The van der Waals surface area contributed by atoms with E-state index in [0.29, 0.717) is 0 Å². The molecule has 1 aliphatic heterocycles. The number of benzene rings is 1. The van der Waals surface area contributed by atoms with E-state index in [1.165, 1.54) is 5.69 Å². The maximum absolute atomic E-state index is 6.27. The summed E-state index contributed by atoms with van der Waals surface area (Å²) in [5.74, 6) is 0. The van der Waals surface area contributed by atoms with Crippen LogP contribution in [-0.2, 0) is 0 Å². The van der Waals surface area contributed by atoms with E-state index in [9.17, 15) is 0 Å². The van der Waals surface area contributed by atoms with E-state index in [-0.39, 0.29) is 11.5 Å². The molecule has 0 radical (unpaired) electrons. The van der Waals surface area contributed by atoms with Crippen molar-refractivity contribution in [2.75, 3.05) is 37.6 Å². The quantitative estimate of drug-likeness (QED) is 0.931. The Morgan fingerprint density at radius 2 is 1.65 bits per heavy atom. The number of halogens is 1. The number of hydrogen-bond donors (Lipinski definition) is 1. The second-order valence-electron chi connectivity index (χ2n) is 6.74. The van der Waals surface area contributed by atoms with E-state index in [4.69, 9.17) is 17.3 Å². The highest BCUT2D eigenvalue weighted by molar-refractivity contribution is 6.30. The third-order valence-corrected chi connectivity index (χ3v) is 4.38. The molecule has 0 amide bonds. The van der Waals surface area contributed by atoms with Crippen molar-refractivity contribution in [3.05, 3.63) is 29.3 Å². The van der Waals surface area contributed by atoms with Crippen molar-refractivity contribution in [3.8, 4) is 0 Å². The molecular weight excluding hydrogens is 270 g/mol. The van der Waals surface area contributed by atoms with E-state index in [1.54, 1.807) is 0 Å². The van der Waals surface area contributed by atoms with Crippen molar-refractivity contribution in [3.63, 3.8) is 0 Å². The Hall–Kier alpha value is -0.770. The third kappa shape index (κ3) is 4.11. The van der Waals surface area contributed by atoms with Crippen LogP contribution in [0, 0.1) is 5.41 Å². The third-order valence-electron chi connectivity index (χ3n) is 4.13. The van der Waals surface area contributed by atoms with Crippen molar-refractivity contribution in [2.24, 2.45) is 11.1 Å². The second-order valence-corrected chi connectivity index (χ2v) is 7.17. The van der Waals surface area contributed by atoms with Crippen LogP contribution in [0.5, 0.6) is 0 Å². The van der Waals surface area contributed by atoms with Gasteiger partial charge in [-0.05, 0) is 29.7 Å². The topological polar surface area (TPSA) is 32.5 Å². The summed E-state index contributed by atoms with van der Waals surface area (Å²) < 4.78 is 0. The summed E-state index contributed by atoms with van der Waals surface area (Å²) in [5.41, 5.74) is 7.71. The van der Waals surface area contributed by atoms with Crippen LogP contribution in [0.15, 0.2) is 24.3 Å². The fourth-order valence-electron chi connectivity index (χ4n) is 2.39. The van der Waals surface area contributed by atoms with Crippen molar-refractivity contribution in [1.29, 1.82) is 0 Å². The maximum atomic E-state index is 6.27. The number of nitrogens with two attached hydrogens (primary N) is 1. The number of piperazine rings is 1. The van der Waals surface area contributed by atoms with Gasteiger partial charge in [-0.3, -0.25) is 4.90 Å². The molecule has 1 saturated heterocycles. The highest BCUT2D eigenvalue weighted by atomic mass is 35.5. The van der Waals surface area contributed by atoms with Gasteiger partial charge in [0.2, 0.25) is 0 Å². The highest BCUT2D eigenvalue weighted by Crippen LogP contribution is 2.21. The number of hydrogen-bond acceptors (Lipinski definition) is 3. The first-order valence-corrected chi connectivity index (χ1v) is 7.72. The molecule has 1 unspecified atom stereocenters. The predicted molar refractivity (Wildman–Crippen MR) is 87.5 cm³/mol. The molecule has 1 fully saturated rings. The first kappa shape index (κ1) is 15.6. The van der Waals surface area contributed by atoms with Gasteiger partial charge in [-0.25, -0.2) is 0 Å². The second kappa shape index (κ2) is 6.33. The molecule has 2 N–H and O–H groups in total. The summed E-state index contributed by atoms with van der Waals surface area (Å²) >= 11 is 5.93. The van der Waals surface area contributed by atoms with E-state index in [0.717, 1.165) is 37.7 Å². The average molecular weight is 296 g/mol. The summed E-state index contributed by atoms with van der Waals surface area (Å²) in [4.78, 5) is 4.89. The van der Waals surface area contributed by atoms with Crippen molar-refractivity contribution in [2.45, 2.75) is 26.8 Å². The smallest absolute Gasteiger partial charge is 0.0407 e. The van der Waals surface area contributed by atoms with Gasteiger partial charge >= 0.3 is 0 Å². The van der Waals surface area contributed by atoms with E-state index >= 15 is 0 Å². The van der Waals surface area contributed by atoms with Crippen LogP contribution in [0.1, 0.15) is 20.8 Å².